The molecule has 1 saturated heterocycles. The minimum absolute atomic E-state index is 0.144. The van der Waals surface area contributed by atoms with E-state index in [0.717, 1.165) is 16.5 Å². The van der Waals surface area contributed by atoms with E-state index in [1.165, 1.54) is 20.8 Å². The van der Waals surface area contributed by atoms with Crippen LogP contribution in [0.25, 0.3) is 10.9 Å². The summed E-state index contributed by atoms with van der Waals surface area (Å²) >= 11 is 0. The van der Waals surface area contributed by atoms with E-state index < -0.39 is 48.4 Å². The normalized spacial score (nSPS) is 24.5. The number of benzene rings is 1. The van der Waals surface area contributed by atoms with Crippen molar-refractivity contribution in [3.05, 3.63) is 35.0 Å². The van der Waals surface area contributed by atoms with Gasteiger partial charge in [-0.15, -0.1) is 0 Å². The molecule has 2 aromatic rings. The third kappa shape index (κ3) is 4.30. The Labute approximate surface area is 189 Å². The molecule has 0 bridgehead atoms. The zero-order chi connectivity index (χ0) is 23.9. The van der Waals surface area contributed by atoms with Crippen molar-refractivity contribution in [3.8, 4) is 0 Å². The highest BCUT2D eigenvalue weighted by Gasteiger charge is 2.49. The average Bonchev–Trinajstić information content (AvgIpc) is 3.04. The van der Waals surface area contributed by atoms with Crippen molar-refractivity contribution in [2.45, 2.75) is 58.7 Å². The second-order valence-corrected chi connectivity index (χ2v) is 8.12. The Morgan fingerprint density at radius 1 is 1.00 bits per heavy atom. The molecule has 0 N–H and O–H groups in total. The van der Waals surface area contributed by atoms with Crippen LogP contribution in [0.3, 0.4) is 0 Å². The number of ether oxygens (including phenoxy) is 5. The third-order valence-electron chi connectivity index (χ3n) is 5.62. The van der Waals surface area contributed by atoms with Gasteiger partial charge in [0.15, 0.2) is 24.5 Å². The standard InChI is InChI=1S/C23H25NO9/c1-11-5-6-17-16(9-11)15-7-8-29-23(28)19(15)24(17)22-21(33-14(4)27)20(32-13(3)26)18(10-30-22)31-12(2)25/h5-6,9,18,20-22H,7-8,10H2,1-4H3/t18-,20-,21+,22+/m0/s1. The molecule has 3 heterocycles. The summed E-state index contributed by atoms with van der Waals surface area (Å²) in [7, 11) is 0. The quantitative estimate of drug-likeness (QED) is 0.499. The highest BCUT2D eigenvalue weighted by atomic mass is 16.6. The van der Waals surface area contributed by atoms with E-state index in [-0.39, 0.29) is 18.9 Å². The van der Waals surface area contributed by atoms with Crippen molar-refractivity contribution in [2.75, 3.05) is 13.2 Å². The van der Waals surface area contributed by atoms with Gasteiger partial charge in [-0.05, 0) is 24.6 Å². The average molecular weight is 459 g/mol. The Kier molecular flexibility index (Phi) is 6.11. The fourth-order valence-corrected chi connectivity index (χ4v) is 4.49. The number of carbonyl (C=O) groups is 4. The first-order chi connectivity index (χ1) is 15.7. The largest absolute Gasteiger partial charge is 0.461 e. The van der Waals surface area contributed by atoms with Crippen molar-refractivity contribution in [2.24, 2.45) is 0 Å². The Balaban J connectivity index is 1.89. The lowest BCUT2D eigenvalue weighted by Gasteiger charge is -2.41. The highest BCUT2D eigenvalue weighted by Crippen LogP contribution is 2.39. The van der Waals surface area contributed by atoms with E-state index in [1.54, 1.807) is 4.57 Å². The van der Waals surface area contributed by atoms with Gasteiger partial charge in [-0.2, -0.15) is 0 Å². The third-order valence-corrected chi connectivity index (χ3v) is 5.62. The maximum atomic E-state index is 12.8. The van der Waals surface area contributed by atoms with Gasteiger partial charge < -0.3 is 28.3 Å². The topological polar surface area (TPSA) is 119 Å². The van der Waals surface area contributed by atoms with Gasteiger partial charge in [0.25, 0.3) is 0 Å². The van der Waals surface area contributed by atoms with Gasteiger partial charge in [0, 0.05) is 32.6 Å². The summed E-state index contributed by atoms with van der Waals surface area (Å²) in [6, 6.07) is 5.71. The van der Waals surface area contributed by atoms with Gasteiger partial charge in [0.1, 0.15) is 5.69 Å². The number of aromatic nitrogens is 1. The van der Waals surface area contributed by atoms with Gasteiger partial charge in [-0.1, -0.05) is 11.6 Å². The predicted octanol–water partition coefficient (Wildman–Crippen LogP) is 1.99. The van der Waals surface area contributed by atoms with Crippen LogP contribution >= 0.6 is 0 Å². The summed E-state index contributed by atoms with van der Waals surface area (Å²) < 4.78 is 29.2. The number of rotatable bonds is 4. The molecule has 4 rings (SSSR count). The lowest BCUT2D eigenvalue weighted by atomic mass is 10.0. The minimum atomic E-state index is -1.19. The van der Waals surface area contributed by atoms with Crippen molar-refractivity contribution in [1.29, 1.82) is 0 Å². The summed E-state index contributed by atoms with van der Waals surface area (Å²) in [4.78, 5) is 48.4. The Morgan fingerprint density at radius 2 is 1.67 bits per heavy atom. The number of esters is 4. The smallest absolute Gasteiger partial charge is 0.355 e. The molecule has 1 fully saturated rings. The molecule has 0 radical (unpaired) electrons. The highest BCUT2D eigenvalue weighted by molar-refractivity contribution is 6.00. The van der Waals surface area contributed by atoms with Crippen LogP contribution in [-0.4, -0.2) is 60.0 Å². The van der Waals surface area contributed by atoms with Gasteiger partial charge >= 0.3 is 23.9 Å². The molecule has 0 amide bonds. The Bertz CT molecular complexity index is 1130. The number of hydrogen-bond donors (Lipinski definition) is 0. The molecule has 0 spiro atoms. The van der Waals surface area contributed by atoms with Crippen LogP contribution in [0.1, 0.15) is 48.6 Å². The molecule has 4 atom stereocenters. The van der Waals surface area contributed by atoms with Crippen LogP contribution < -0.4 is 0 Å². The second-order valence-electron chi connectivity index (χ2n) is 8.12. The van der Waals surface area contributed by atoms with Crippen molar-refractivity contribution in [1.82, 2.24) is 4.57 Å². The van der Waals surface area contributed by atoms with Crippen LogP contribution in [0.5, 0.6) is 0 Å². The zero-order valence-electron chi connectivity index (χ0n) is 18.8. The molecule has 176 valence electrons. The molecule has 0 aliphatic carbocycles. The summed E-state index contributed by atoms with van der Waals surface area (Å²) in [5.74, 6) is -2.44. The van der Waals surface area contributed by atoms with E-state index in [2.05, 4.69) is 0 Å². The van der Waals surface area contributed by atoms with E-state index >= 15 is 0 Å². The first kappa shape index (κ1) is 22.8. The number of nitrogens with zero attached hydrogens (tertiary/aromatic N) is 1. The van der Waals surface area contributed by atoms with Gasteiger partial charge in [-0.3, -0.25) is 14.4 Å². The van der Waals surface area contributed by atoms with Crippen LogP contribution in [0.4, 0.5) is 0 Å². The summed E-state index contributed by atoms with van der Waals surface area (Å²) in [5, 5.41) is 0.859. The monoisotopic (exact) mass is 459 g/mol. The summed E-state index contributed by atoms with van der Waals surface area (Å²) in [5.41, 5.74) is 2.78. The molecule has 0 saturated carbocycles. The van der Waals surface area contributed by atoms with E-state index in [1.807, 2.05) is 25.1 Å². The van der Waals surface area contributed by atoms with Crippen molar-refractivity contribution < 1.29 is 42.9 Å². The summed E-state index contributed by atoms with van der Waals surface area (Å²) in [6.45, 7) is 5.68. The predicted molar refractivity (Wildman–Crippen MR) is 112 cm³/mol. The lowest BCUT2D eigenvalue weighted by molar-refractivity contribution is -0.239. The molecular weight excluding hydrogens is 434 g/mol. The first-order valence-corrected chi connectivity index (χ1v) is 10.6. The van der Waals surface area contributed by atoms with Crippen LogP contribution in [-0.2, 0) is 44.5 Å². The zero-order valence-corrected chi connectivity index (χ0v) is 18.8. The summed E-state index contributed by atoms with van der Waals surface area (Å²) in [6.07, 6.45) is -3.86. The van der Waals surface area contributed by atoms with Crippen molar-refractivity contribution in [3.63, 3.8) is 0 Å². The number of aryl methyl sites for hydroxylation is 1. The van der Waals surface area contributed by atoms with Crippen LogP contribution in [0, 0.1) is 6.92 Å². The second kappa shape index (κ2) is 8.86. The molecule has 2 aliphatic heterocycles. The minimum Gasteiger partial charge on any atom is -0.461 e. The molecule has 1 aromatic heterocycles. The molecule has 33 heavy (non-hydrogen) atoms. The van der Waals surface area contributed by atoms with Crippen LogP contribution in [0.15, 0.2) is 18.2 Å². The Morgan fingerprint density at radius 3 is 2.33 bits per heavy atom. The number of fused-ring (bicyclic) bond motifs is 3. The van der Waals surface area contributed by atoms with Gasteiger partial charge in [-0.25, -0.2) is 4.79 Å². The van der Waals surface area contributed by atoms with Gasteiger partial charge in [0.2, 0.25) is 0 Å². The maximum absolute atomic E-state index is 12.8. The fourth-order valence-electron chi connectivity index (χ4n) is 4.49. The number of cyclic esters (lactones) is 1. The molecular formula is C23H25NO9. The van der Waals surface area contributed by atoms with E-state index in [4.69, 9.17) is 23.7 Å². The molecule has 10 heteroatoms. The van der Waals surface area contributed by atoms with Crippen LogP contribution in [0.2, 0.25) is 0 Å². The van der Waals surface area contributed by atoms with Gasteiger partial charge in [0.05, 0.1) is 18.7 Å². The maximum Gasteiger partial charge on any atom is 0.355 e. The number of carbonyl (C=O) groups excluding carboxylic acids is 4. The van der Waals surface area contributed by atoms with Crippen molar-refractivity contribution >= 4 is 34.8 Å². The molecule has 2 aliphatic rings. The molecule has 10 nitrogen and oxygen atoms in total. The SMILES string of the molecule is CC(=O)O[C@@H]1[C@@H](OC(C)=O)[C@H](n2c3c(c4cc(C)ccc42)CCOC3=O)OC[C@@H]1OC(C)=O. The Hall–Kier alpha value is -3.40. The van der Waals surface area contributed by atoms with E-state index in [9.17, 15) is 19.2 Å². The lowest BCUT2D eigenvalue weighted by Crippen LogP contribution is -2.55. The molecule has 1 aromatic carbocycles. The first-order valence-electron chi connectivity index (χ1n) is 10.6. The molecule has 0 unspecified atom stereocenters. The fraction of sp³-hybridized carbons (Fsp3) is 0.478. The van der Waals surface area contributed by atoms with E-state index in [0.29, 0.717) is 11.9 Å². The number of hydrogen-bond acceptors (Lipinski definition) is 9.